The lowest BCUT2D eigenvalue weighted by atomic mass is 9.95. The smallest absolute Gasteiger partial charge is 0.301 e. The first-order valence-corrected chi connectivity index (χ1v) is 15.4. The number of halogens is 1. The molecule has 5 aromatic rings. The van der Waals surface area contributed by atoms with E-state index in [0.29, 0.717) is 27.2 Å². The number of ketones is 1. The summed E-state index contributed by atoms with van der Waals surface area (Å²) in [6, 6.07) is 21.8. The highest BCUT2D eigenvalue weighted by Gasteiger charge is 2.48. The van der Waals surface area contributed by atoms with Crippen LogP contribution in [-0.4, -0.2) is 48.3 Å². The second-order valence-corrected chi connectivity index (χ2v) is 12.1. The number of aliphatic hydroxyl groups excluding tert-OH is 1. The van der Waals surface area contributed by atoms with Crippen LogP contribution in [-0.2, 0) is 15.3 Å². The number of fused-ring (bicyclic) bond motifs is 1. The van der Waals surface area contributed by atoms with E-state index in [2.05, 4.69) is 34.5 Å². The number of ether oxygens (including phenoxy) is 3. The Bertz CT molecular complexity index is 1970. The number of carbonyl (C=O) groups is 2. The van der Waals surface area contributed by atoms with Gasteiger partial charge in [-0.3, -0.25) is 14.5 Å². The van der Waals surface area contributed by atoms with E-state index in [0.717, 1.165) is 33.7 Å². The number of nitrogens with zero attached hydrogens (tertiary/aromatic N) is 3. The molecule has 12 heteroatoms. The van der Waals surface area contributed by atoms with Gasteiger partial charge in [-0.05, 0) is 52.2 Å². The van der Waals surface area contributed by atoms with Crippen LogP contribution in [0.5, 0.6) is 17.2 Å². The van der Waals surface area contributed by atoms with E-state index in [9.17, 15) is 19.1 Å². The van der Waals surface area contributed by atoms with Gasteiger partial charge in [0.05, 0.1) is 32.9 Å². The number of amides is 1. The Kier molecular flexibility index (Phi) is 8.42. The van der Waals surface area contributed by atoms with Crippen molar-refractivity contribution in [3.05, 3.63) is 107 Å². The number of aliphatic hydroxyl groups is 1. The van der Waals surface area contributed by atoms with Gasteiger partial charge in [-0.15, -0.1) is 10.2 Å². The third-order valence-electron chi connectivity index (χ3n) is 7.43. The van der Waals surface area contributed by atoms with Crippen molar-refractivity contribution < 1.29 is 33.3 Å². The minimum Gasteiger partial charge on any atom is -0.507 e. The predicted octanol–water partition coefficient (Wildman–Crippen LogP) is 6.77. The van der Waals surface area contributed by atoms with Crippen molar-refractivity contribution in [1.29, 1.82) is 0 Å². The van der Waals surface area contributed by atoms with Gasteiger partial charge in [-0.2, -0.15) is 0 Å². The van der Waals surface area contributed by atoms with Gasteiger partial charge in [0.2, 0.25) is 5.13 Å². The average Bonchev–Trinajstić information content (AvgIpc) is 3.64. The van der Waals surface area contributed by atoms with E-state index >= 15 is 0 Å². The van der Waals surface area contributed by atoms with Crippen LogP contribution in [0.1, 0.15) is 22.7 Å². The van der Waals surface area contributed by atoms with Crippen LogP contribution in [0.15, 0.2) is 88.8 Å². The molecule has 2 heterocycles. The van der Waals surface area contributed by atoms with Gasteiger partial charge in [-0.25, -0.2) is 4.39 Å². The van der Waals surface area contributed by atoms with Crippen molar-refractivity contribution in [3.63, 3.8) is 0 Å². The highest BCUT2D eigenvalue weighted by Crippen LogP contribution is 2.46. The van der Waals surface area contributed by atoms with Crippen LogP contribution in [0.3, 0.4) is 0 Å². The molecule has 1 amide bonds. The van der Waals surface area contributed by atoms with Crippen molar-refractivity contribution in [2.75, 3.05) is 26.2 Å². The van der Waals surface area contributed by atoms with Gasteiger partial charge < -0.3 is 19.3 Å². The Morgan fingerprint density at radius 1 is 0.911 bits per heavy atom. The van der Waals surface area contributed by atoms with Gasteiger partial charge in [0, 0.05) is 11.3 Å². The summed E-state index contributed by atoms with van der Waals surface area (Å²) in [6.07, 6.45) is 0. The summed E-state index contributed by atoms with van der Waals surface area (Å²) in [5.41, 5.74) is 1.31. The number of hydrogen-bond acceptors (Lipinski definition) is 10. The normalized spacial score (nSPS) is 15.9. The van der Waals surface area contributed by atoms with Gasteiger partial charge >= 0.3 is 5.91 Å². The Morgan fingerprint density at radius 2 is 1.64 bits per heavy atom. The Balaban J connectivity index is 1.41. The molecule has 1 N–H and O–H groups in total. The van der Waals surface area contributed by atoms with Crippen LogP contribution in [0.4, 0.5) is 9.52 Å². The first kappa shape index (κ1) is 30.1. The molecule has 0 bridgehead atoms. The van der Waals surface area contributed by atoms with Gasteiger partial charge in [-0.1, -0.05) is 71.6 Å². The minimum absolute atomic E-state index is 0.000345. The molecule has 1 aliphatic rings. The van der Waals surface area contributed by atoms with E-state index in [4.69, 9.17) is 14.2 Å². The summed E-state index contributed by atoms with van der Waals surface area (Å²) in [5.74, 6) is -1.81. The fraction of sp³-hybridized carbons (Fsp3) is 0.152. The molecule has 228 valence electrons. The van der Waals surface area contributed by atoms with Gasteiger partial charge in [0.25, 0.3) is 5.78 Å². The van der Waals surface area contributed by atoms with Crippen LogP contribution >= 0.6 is 23.1 Å². The fourth-order valence-electron chi connectivity index (χ4n) is 5.25. The summed E-state index contributed by atoms with van der Waals surface area (Å²) >= 11 is 2.61. The topological polar surface area (TPSA) is 111 Å². The molecule has 4 aromatic carbocycles. The molecule has 0 spiro atoms. The molecule has 45 heavy (non-hydrogen) atoms. The summed E-state index contributed by atoms with van der Waals surface area (Å²) in [6.45, 7) is 0. The molecule has 0 radical (unpaired) electrons. The Hall–Kier alpha value is -4.94. The van der Waals surface area contributed by atoms with E-state index < -0.39 is 29.3 Å². The maximum Gasteiger partial charge on any atom is 0.301 e. The van der Waals surface area contributed by atoms with E-state index in [1.165, 1.54) is 50.1 Å². The monoisotopic (exact) mass is 643 g/mol. The van der Waals surface area contributed by atoms with Crippen LogP contribution < -0.4 is 19.1 Å². The number of carbonyl (C=O) groups excluding carboxylic acids is 2. The van der Waals surface area contributed by atoms with Crippen molar-refractivity contribution >= 4 is 56.5 Å². The maximum atomic E-state index is 14.6. The number of anilines is 1. The maximum absolute atomic E-state index is 14.6. The molecule has 9 nitrogen and oxygen atoms in total. The van der Waals surface area contributed by atoms with Gasteiger partial charge in [0.15, 0.2) is 27.4 Å². The molecular weight excluding hydrogens is 618 g/mol. The third-order valence-corrected chi connectivity index (χ3v) is 9.53. The molecule has 0 saturated carbocycles. The predicted molar refractivity (Wildman–Crippen MR) is 171 cm³/mol. The zero-order valence-corrected chi connectivity index (χ0v) is 25.9. The highest BCUT2D eigenvalue weighted by atomic mass is 32.2. The lowest BCUT2D eigenvalue weighted by Crippen LogP contribution is -2.29. The molecule has 1 aromatic heterocycles. The quantitative estimate of drug-likeness (QED) is 0.0611. The van der Waals surface area contributed by atoms with Crippen molar-refractivity contribution in [2.45, 2.75) is 16.1 Å². The number of rotatable bonds is 9. The van der Waals surface area contributed by atoms with Crippen molar-refractivity contribution in [1.82, 2.24) is 10.2 Å². The number of methoxy groups -OCH3 is 3. The average molecular weight is 644 g/mol. The largest absolute Gasteiger partial charge is 0.507 e. The second-order valence-electron chi connectivity index (χ2n) is 9.91. The molecule has 1 fully saturated rings. The number of benzene rings is 4. The first-order chi connectivity index (χ1) is 21.8. The summed E-state index contributed by atoms with van der Waals surface area (Å²) in [5, 5.41) is 22.4. The lowest BCUT2D eigenvalue weighted by Gasteiger charge is -2.23. The summed E-state index contributed by atoms with van der Waals surface area (Å²) < 4.78 is 31.0. The molecule has 6 rings (SSSR count). The molecular formula is C33H26FN3O6S2. The number of aromatic nitrogens is 2. The first-order valence-electron chi connectivity index (χ1n) is 13.6. The standard InChI is InChI=1S/C33H26FN3O6S2/c1-41-24-13-12-20(15-23(24)34)29(38)27-28(19-11-14-25(42-2)26(16-19)43-3)37(31(40)30(27)39)32-35-36-33(45-32)44-17-21-9-6-8-18-7-4-5-10-22(18)21/h4-16,28,38H,17H2,1-3H3/b29-27-. The van der Waals surface area contributed by atoms with Crippen molar-refractivity contribution in [3.8, 4) is 17.2 Å². The zero-order valence-electron chi connectivity index (χ0n) is 24.3. The van der Waals surface area contributed by atoms with Crippen LogP contribution in [0.25, 0.3) is 16.5 Å². The lowest BCUT2D eigenvalue weighted by molar-refractivity contribution is -0.132. The molecule has 0 aliphatic carbocycles. The van der Waals surface area contributed by atoms with E-state index in [1.54, 1.807) is 18.2 Å². The second kappa shape index (κ2) is 12.6. The van der Waals surface area contributed by atoms with Crippen molar-refractivity contribution in [2.24, 2.45) is 0 Å². The molecule has 1 atom stereocenters. The van der Waals surface area contributed by atoms with E-state index in [1.807, 2.05) is 18.2 Å². The molecule has 1 unspecified atom stereocenters. The zero-order chi connectivity index (χ0) is 31.7. The van der Waals surface area contributed by atoms with Crippen LogP contribution in [0.2, 0.25) is 0 Å². The number of thioether (sulfide) groups is 1. The number of hydrogen-bond donors (Lipinski definition) is 1. The van der Waals surface area contributed by atoms with E-state index in [-0.39, 0.29) is 22.0 Å². The Morgan fingerprint density at radius 3 is 2.40 bits per heavy atom. The molecule has 1 saturated heterocycles. The summed E-state index contributed by atoms with van der Waals surface area (Å²) in [4.78, 5) is 28.4. The number of Topliss-reactive ketones (excluding diaryl/α,β-unsaturated/α-hetero) is 1. The summed E-state index contributed by atoms with van der Waals surface area (Å²) in [7, 11) is 4.26. The Labute approximate surface area is 265 Å². The molecule has 1 aliphatic heterocycles. The van der Waals surface area contributed by atoms with Gasteiger partial charge in [0.1, 0.15) is 5.76 Å². The van der Waals surface area contributed by atoms with Crippen LogP contribution in [0, 0.1) is 5.82 Å². The minimum atomic E-state index is -1.13. The highest BCUT2D eigenvalue weighted by molar-refractivity contribution is 8.00. The SMILES string of the molecule is COc1ccc(/C(O)=C2/C(=O)C(=O)N(c3nnc(SCc4cccc5ccccc45)s3)C2c2ccc(OC)c(OC)c2)cc1F. The fourth-order valence-corrected chi connectivity index (χ4v) is 7.12. The third kappa shape index (κ3) is 5.58.